The summed E-state index contributed by atoms with van der Waals surface area (Å²) in [5, 5.41) is 0. The molecule has 0 fully saturated rings. The molecule has 0 aliphatic rings. The second-order valence-electron chi connectivity index (χ2n) is 3.81. The summed E-state index contributed by atoms with van der Waals surface area (Å²) >= 11 is 3.19. The Kier molecular flexibility index (Phi) is 3.43. The van der Waals surface area contributed by atoms with Gasteiger partial charge in [-0.25, -0.2) is 4.39 Å². The molecule has 1 heterocycles. The van der Waals surface area contributed by atoms with Crippen molar-refractivity contribution in [2.45, 2.75) is 13.3 Å². The maximum absolute atomic E-state index is 13.1. The van der Waals surface area contributed by atoms with Gasteiger partial charge in [0.25, 0.3) is 0 Å². The number of aryl methyl sites for hydroxylation is 1. The van der Waals surface area contributed by atoms with Gasteiger partial charge in [-0.05, 0) is 42.3 Å². The number of hydrogen-bond acceptors (Lipinski definition) is 2. The Morgan fingerprint density at radius 1 is 1.41 bits per heavy atom. The summed E-state index contributed by atoms with van der Waals surface area (Å²) < 4.78 is 18.9. The second kappa shape index (κ2) is 4.84. The topological polar surface area (TPSA) is 30.2 Å². The molecule has 0 N–H and O–H groups in total. The fourth-order valence-corrected chi connectivity index (χ4v) is 2.15. The summed E-state index contributed by atoms with van der Waals surface area (Å²) in [6.45, 7) is 1.80. The number of benzene rings is 1. The molecule has 0 atom stereocenters. The molecule has 0 radical (unpaired) electrons. The molecule has 4 heteroatoms. The zero-order chi connectivity index (χ0) is 12.4. The van der Waals surface area contributed by atoms with Gasteiger partial charge in [0.15, 0.2) is 5.76 Å². The molecule has 2 nitrogen and oxygen atoms in total. The molecule has 2 rings (SSSR count). The smallest absolute Gasteiger partial charge is 0.202 e. The Morgan fingerprint density at radius 3 is 2.76 bits per heavy atom. The lowest BCUT2D eigenvalue weighted by Crippen LogP contribution is -2.04. The molecular weight excluding hydrogens is 287 g/mol. The van der Waals surface area contributed by atoms with E-state index in [2.05, 4.69) is 15.9 Å². The summed E-state index contributed by atoms with van der Waals surface area (Å²) in [6, 6.07) is 6.15. The number of hydrogen-bond donors (Lipinski definition) is 0. The summed E-state index contributed by atoms with van der Waals surface area (Å²) in [4.78, 5) is 11.9. The minimum atomic E-state index is -0.363. The number of furan rings is 1. The van der Waals surface area contributed by atoms with Gasteiger partial charge in [0.1, 0.15) is 5.82 Å². The van der Waals surface area contributed by atoms with Crippen molar-refractivity contribution in [1.29, 1.82) is 0 Å². The van der Waals surface area contributed by atoms with Crippen LogP contribution in [0.5, 0.6) is 0 Å². The molecule has 0 saturated heterocycles. The lowest BCUT2D eigenvalue weighted by molar-refractivity contribution is 0.0965. The minimum absolute atomic E-state index is 0.130. The number of halogens is 2. The van der Waals surface area contributed by atoms with Gasteiger partial charge in [-0.15, -0.1) is 0 Å². The number of carbonyl (C=O) groups is 1. The molecule has 0 unspecified atom stereocenters. The van der Waals surface area contributed by atoms with Crippen LogP contribution in [0.1, 0.15) is 21.7 Å². The third-order valence-corrected chi connectivity index (χ3v) is 2.86. The van der Waals surface area contributed by atoms with Crippen molar-refractivity contribution in [1.82, 2.24) is 0 Å². The van der Waals surface area contributed by atoms with Gasteiger partial charge in [-0.2, -0.15) is 0 Å². The Bertz CT molecular complexity index is 540. The number of rotatable bonds is 3. The molecule has 1 aromatic carbocycles. The highest BCUT2D eigenvalue weighted by Crippen LogP contribution is 2.18. The summed E-state index contributed by atoms with van der Waals surface area (Å²) in [6.07, 6.45) is 1.61. The minimum Gasteiger partial charge on any atom is -0.461 e. The van der Waals surface area contributed by atoms with Crippen molar-refractivity contribution in [2.24, 2.45) is 0 Å². The number of ketones is 1. The van der Waals surface area contributed by atoms with Gasteiger partial charge < -0.3 is 4.42 Å². The van der Waals surface area contributed by atoms with Gasteiger partial charge in [0.05, 0.1) is 6.26 Å². The first-order chi connectivity index (χ1) is 8.06. The first kappa shape index (κ1) is 12.0. The zero-order valence-electron chi connectivity index (χ0n) is 9.17. The van der Waals surface area contributed by atoms with Gasteiger partial charge >= 0.3 is 0 Å². The first-order valence-corrected chi connectivity index (χ1v) is 5.88. The van der Waals surface area contributed by atoms with Crippen LogP contribution in [0.25, 0.3) is 0 Å². The largest absolute Gasteiger partial charge is 0.461 e. The first-order valence-electron chi connectivity index (χ1n) is 5.08. The Morgan fingerprint density at radius 2 is 2.18 bits per heavy atom. The maximum atomic E-state index is 13.1. The summed E-state index contributed by atoms with van der Waals surface area (Å²) in [5.41, 5.74) is 1.42. The third-order valence-electron chi connectivity index (χ3n) is 2.40. The standard InChI is InChI=1S/C13H10BrFO2/c1-8-2-3-17-13(8)12(16)6-9-4-10(14)7-11(15)5-9/h2-5,7H,6H2,1H3. The van der Waals surface area contributed by atoms with Crippen LogP contribution >= 0.6 is 15.9 Å². The van der Waals surface area contributed by atoms with E-state index < -0.39 is 0 Å². The van der Waals surface area contributed by atoms with Gasteiger partial charge in [-0.1, -0.05) is 15.9 Å². The molecule has 0 amide bonds. The van der Waals surface area contributed by atoms with E-state index in [0.29, 0.717) is 15.8 Å². The monoisotopic (exact) mass is 296 g/mol. The normalized spacial score (nSPS) is 10.5. The van der Waals surface area contributed by atoms with Crippen LogP contribution in [0.4, 0.5) is 4.39 Å². The van der Waals surface area contributed by atoms with Crippen LogP contribution in [0.3, 0.4) is 0 Å². The van der Waals surface area contributed by atoms with E-state index in [1.807, 2.05) is 0 Å². The quantitative estimate of drug-likeness (QED) is 0.804. The number of Topliss-reactive ketones (excluding diaryl/α,β-unsaturated/α-hetero) is 1. The molecule has 0 bridgehead atoms. The highest BCUT2D eigenvalue weighted by atomic mass is 79.9. The molecule has 0 aliphatic carbocycles. The average Bonchev–Trinajstić information content (AvgIpc) is 2.62. The average molecular weight is 297 g/mol. The van der Waals surface area contributed by atoms with Crippen molar-refractivity contribution in [3.8, 4) is 0 Å². The van der Waals surface area contributed by atoms with Crippen molar-refractivity contribution in [2.75, 3.05) is 0 Å². The van der Waals surface area contributed by atoms with Crippen LogP contribution < -0.4 is 0 Å². The van der Waals surface area contributed by atoms with Crippen molar-refractivity contribution >= 4 is 21.7 Å². The molecule has 0 spiro atoms. The molecule has 17 heavy (non-hydrogen) atoms. The fourth-order valence-electron chi connectivity index (χ4n) is 1.64. The van der Waals surface area contributed by atoms with Crippen LogP contribution in [-0.2, 0) is 6.42 Å². The summed E-state index contributed by atoms with van der Waals surface area (Å²) in [7, 11) is 0. The molecule has 0 saturated carbocycles. The molecule has 88 valence electrons. The van der Waals surface area contributed by atoms with E-state index in [1.54, 1.807) is 19.1 Å². The van der Waals surface area contributed by atoms with Crippen LogP contribution in [0, 0.1) is 12.7 Å². The van der Waals surface area contributed by atoms with E-state index >= 15 is 0 Å². The van der Waals surface area contributed by atoms with Gasteiger partial charge in [-0.3, -0.25) is 4.79 Å². The zero-order valence-corrected chi connectivity index (χ0v) is 10.8. The van der Waals surface area contributed by atoms with Crippen molar-refractivity contribution in [3.63, 3.8) is 0 Å². The predicted molar refractivity (Wildman–Crippen MR) is 65.6 cm³/mol. The Hall–Kier alpha value is -1.42. The molecule has 1 aromatic heterocycles. The lowest BCUT2D eigenvalue weighted by Gasteiger charge is -2.01. The second-order valence-corrected chi connectivity index (χ2v) is 4.73. The maximum Gasteiger partial charge on any atom is 0.202 e. The van der Waals surface area contributed by atoms with Crippen molar-refractivity contribution in [3.05, 3.63) is 57.7 Å². The van der Waals surface area contributed by atoms with E-state index in [4.69, 9.17) is 4.42 Å². The van der Waals surface area contributed by atoms with Crippen LogP contribution in [0.2, 0.25) is 0 Å². The summed E-state index contributed by atoms with van der Waals surface area (Å²) in [5.74, 6) is -0.172. The van der Waals surface area contributed by atoms with E-state index in [1.165, 1.54) is 18.4 Å². The Labute approximate surface area is 107 Å². The van der Waals surface area contributed by atoms with E-state index in [-0.39, 0.29) is 18.0 Å². The number of carbonyl (C=O) groups excluding carboxylic acids is 1. The van der Waals surface area contributed by atoms with Crippen molar-refractivity contribution < 1.29 is 13.6 Å². The lowest BCUT2D eigenvalue weighted by atomic mass is 10.1. The van der Waals surface area contributed by atoms with Gasteiger partial charge in [0, 0.05) is 10.9 Å². The highest BCUT2D eigenvalue weighted by Gasteiger charge is 2.13. The molecule has 0 aliphatic heterocycles. The highest BCUT2D eigenvalue weighted by molar-refractivity contribution is 9.10. The molecular formula is C13H10BrFO2. The Balaban J connectivity index is 2.21. The SMILES string of the molecule is Cc1ccoc1C(=O)Cc1cc(F)cc(Br)c1. The van der Waals surface area contributed by atoms with E-state index in [9.17, 15) is 9.18 Å². The predicted octanol–water partition coefficient (Wildman–Crippen LogP) is 3.92. The molecule has 2 aromatic rings. The van der Waals surface area contributed by atoms with Gasteiger partial charge in [0.2, 0.25) is 5.78 Å². The van der Waals surface area contributed by atoms with Crippen LogP contribution in [0.15, 0.2) is 39.4 Å². The van der Waals surface area contributed by atoms with Crippen LogP contribution in [-0.4, -0.2) is 5.78 Å². The third kappa shape index (κ3) is 2.82. The fraction of sp³-hybridized carbons (Fsp3) is 0.154. The van der Waals surface area contributed by atoms with E-state index in [0.717, 1.165) is 5.56 Å².